The number of hydrogen-bond acceptors (Lipinski definition) is 4. The van der Waals surface area contributed by atoms with Crippen molar-refractivity contribution in [1.82, 2.24) is 20.4 Å². The summed E-state index contributed by atoms with van der Waals surface area (Å²) >= 11 is 1.83. The first-order valence-corrected chi connectivity index (χ1v) is 10.9. The van der Waals surface area contributed by atoms with Crippen LogP contribution in [0.25, 0.3) is 0 Å². The summed E-state index contributed by atoms with van der Waals surface area (Å²) in [6.45, 7) is 11.1. The molecule has 2 aromatic rings. The number of aliphatic imine (C=N–C) groups is 1. The van der Waals surface area contributed by atoms with Crippen molar-refractivity contribution in [2.24, 2.45) is 4.99 Å². The highest BCUT2D eigenvalue weighted by molar-refractivity contribution is 7.14. The van der Waals surface area contributed by atoms with Crippen LogP contribution in [0.1, 0.15) is 37.6 Å². The molecule has 2 aromatic heterocycles. The van der Waals surface area contributed by atoms with Gasteiger partial charge in [-0.25, -0.2) is 0 Å². The largest absolute Gasteiger partial charge is 0.363 e. The van der Waals surface area contributed by atoms with Crippen molar-refractivity contribution < 1.29 is 0 Å². The third-order valence-corrected chi connectivity index (χ3v) is 5.83. The summed E-state index contributed by atoms with van der Waals surface area (Å²) in [5.74, 6) is 0.945. The monoisotopic (exact) mass is 388 g/mol. The smallest absolute Gasteiger partial charge is 0.191 e. The van der Waals surface area contributed by atoms with E-state index >= 15 is 0 Å². The zero-order valence-electron chi connectivity index (χ0n) is 16.7. The van der Waals surface area contributed by atoms with Gasteiger partial charge >= 0.3 is 0 Å². The van der Waals surface area contributed by atoms with Gasteiger partial charge in [-0.2, -0.15) is 5.10 Å². The third kappa shape index (κ3) is 5.73. The second kappa shape index (κ2) is 9.78. The van der Waals surface area contributed by atoms with Gasteiger partial charge in [0.1, 0.15) is 0 Å². The lowest BCUT2D eigenvalue weighted by molar-refractivity contribution is 0.462. The molecule has 1 aliphatic rings. The van der Waals surface area contributed by atoms with Crippen LogP contribution < -0.4 is 15.5 Å². The fourth-order valence-corrected chi connectivity index (χ4v) is 4.31. The molecule has 3 rings (SSSR count). The summed E-state index contributed by atoms with van der Waals surface area (Å²) in [5, 5.41) is 15.1. The number of piperidine rings is 1. The molecule has 0 radical (unpaired) electrons. The van der Waals surface area contributed by atoms with Crippen LogP contribution in [-0.4, -0.2) is 48.0 Å². The van der Waals surface area contributed by atoms with Gasteiger partial charge in [0.05, 0.1) is 10.7 Å². The van der Waals surface area contributed by atoms with Crippen molar-refractivity contribution in [2.75, 3.05) is 31.1 Å². The summed E-state index contributed by atoms with van der Waals surface area (Å²) < 4.78 is 2.07. The highest BCUT2D eigenvalue weighted by Gasteiger charge is 2.20. The first kappa shape index (κ1) is 19.7. The van der Waals surface area contributed by atoms with Crippen LogP contribution in [0, 0.1) is 13.8 Å². The van der Waals surface area contributed by atoms with Crippen LogP contribution in [-0.2, 0) is 6.54 Å². The minimum atomic E-state index is 0.495. The van der Waals surface area contributed by atoms with Gasteiger partial charge < -0.3 is 15.5 Å². The van der Waals surface area contributed by atoms with E-state index in [0.29, 0.717) is 6.04 Å². The van der Waals surface area contributed by atoms with Crippen LogP contribution in [0.4, 0.5) is 5.00 Å². The molecule has 0 aromatic carbocycles. The Labute approximate surface area is 166 Å². The molecule has 0 atom stereocenters. The molecule has 0 bridgehead atoms. The second-order valence-electron chi connectivity index (χ2n) is 7.12. The van der Waals surface area contributed by atoms with E-state index < -0.39 is 0 Å². The minimum absolute atomic E-state index is 0.495. The first-order valence-electron chi connectivity index (χ1n) is 10.00. The number of aromatic nitrogens is 2. The summed E-state index contributed by atoms with van der Waals surface area (Å²) in [5.41, 5.74) is 2.30. The van der Waals surface area contributed by atoms with Gasteiger partial charge in [-0.3, -0.25) is 9.67 Å². The predicted molar refractivity (Wildman–Crippen MR) is 115 cm³/mol. The maximum atomic E-state index is 4.77. The van der Waals surface area contributed by atoms with Crippen molar-refractivity contribution in [3.8, 4) is 0 Å². The number of aryl methyl sites for hydroxylation is 3. The molecule has 6 nitrogen and oxygen atoms in total. The highest BCUT2D eigenvalue weighted by atomic mass is 32.1. The molecule has 7 heteroatoms. The molecule has 0 unspecified atom stereocenters. The van der Waals surface area contributed by atoms with Crippen molar-refractivity contribution in [1.29, 1.82) is 0 Å². The quantitative estimate of drug-likeness (QED) is 0.435. The van der Waals surface area contributed by atoms with Gasteiger partial charge in [-0.15, -0.1) is 11.3 Å². The average Bonchev–Trinajstić information content (AvgIpc) is 3.29. The average molecular weight is 389 g/mol. The Morgan fingerprint density at radius 2 is 2.15 bits per heavy atom. The first-order chi connectivity index (χ1) is 13.2. The molecule has 27 heavy (non-hydrogen) atoms. The van der Waals surface area contributed by atoms with E-state index in [1.165, 1.54) is 10.7 Å². The third-order valence-electron chi connectivity index (χ3n) is 4.90. The molecule has 2 N–H and O–H groups in total. The molecule has 3 heterocycles. The topological polar surface area (TPSA) is 57.5 Å². The van der Waals surface area contributed by atoms with Crippen LogP contribution >= 0.6 is 11.3 Å². The van der Waals surface area contributed by atoms with Crippen LogP contribution in [0.5, 0.6) is 0 Å². The van der Waals surface area contributed by atoms with Crippen molar-refractivity contribution >= 4 is 22.3 Å². The number of nitrogens with one attached hydrogen (secondary N) is 2. The Balaban J connectivity index is 1.44. The van der Waals surface area contributed by atoms with Crippen molar-refractivity contribution in [3.05, 3.63) is 35.0 Å². The molecule has 0 aliphatic carbocycles. The van der Waals surface area contributed by atoms with Crippen molar-refractivity contribution in [2.45, 2.75) is 52.6 Å². The SMILES string of the molecule is CCNC(=NCCCn1nc(C)cc1C)NC1CCN(c2cccs2)CC1. The van der Waals surface area contributed by atoms with E-state index in [0.717, 1.165) is 63.6 Å². The maximum Gasteiger partial charge on any atom is 0.191 e. The highest BCUT2D eigenvalue weighted by Crippen LogP contribution is 2.24. The van der Waals surface area contributed by atoms with Gasteiger partial charge in [-0.1, -0.05) is 0 Å². The molecular weight excluding hydrogens is 356 g/mol. The minimum Gasteiger partial charge on any atom is -0.363 e. The van der Waals surface area contributed by atoms with E-state index in [2.05, 4.69) is 62.7 Å². The van der Waals surface area contributed by atoms with Gasteiger partial charge in [-0.05, 0) is 63.6 Å². The van der Waals surface area contributed by atoms with Crippen LogP contribution in [0.2, 0.25) is 0 Å². The summed E-state index contributed by atoms with van der Waals surface area (Å²) in [4.78, 5) is 7.26. The van der Waals surface area contributed by atoms with Crippen LogP contribution in [0.15, 0.2) is 28.6 Å². The molecule has 1 saturated heterocycles. The zero-order chi connectivity index (χ0) is 19.1. The predicted octanol–water partition coefficient (Wildman–Crippen LogP) is 3.18. The molecule has 148 valence electrons. The normalized spacial score (nSPS) is 16.0. The van der Waals surface area contributed by atoms with E-state index in [1.807, 2.05) is 18.3 Å². The van der Waals surface area contributed by atoms with Gasteiger partial charge in [0.2, 0.25) is 0 Å². The molecule has 1 fully saturated rings. The number of rotatable bonds is 7. The number of anilines is 1. The summed E-state index contributed by atoms with van der Waals surface area (Å²) in [6.07, 6.45) is 3.29. The van der Waals surface area contributed by atoms with E-state index in [1.54, 1.807) is 0 Å². The zero-order valence-corrected chi connectivity index (χ0v) is 17.6. The van der Waals surface area contributed by atoms with E-state index in [9.17, 15) is 0 Å². The number of hydrogen-bond donors (Lipinski definition) is 2. The maximum absolute atomic E-state index is 4.77. The van der Waals surface area contributed by atoms with Gasteiger partial charge in [0.25, 0.3) is 0 Å². The van der Waals surface area contributed by atoms with E-state index in [4.69, 9.17) is 4.99 Å². The number of nitrogens with zero attached hydrogens (tertiary/aromatic N) is 4. The lowest BCUT2D eigenvalue weighted by atomic mass is 10.1. The Hall–Kier alpha value is -2.02. The standard InChI is InChI=1S/C20H32N6S/c1-4-21-20(22-10-6-11-26-17(3)15-16(2)24-26)23-18-8-12-25(13-9-18)19-7-5-14-27-19/h5,7,14-15,18H,4,6,8-13H2,1-3H3,(H2,21,22,23). The fraction of sp³-hybridized carbons (Fsp3) is 0.600. The molecule has 0 saturated carbocycles. The molecule has 1 aliphatic heterocycles. The number of guanidine groups is 1. The van der Waals surface area contributed by atoms with E-state index in [-0.39, 0.29) is 0 Å². The lowest BCUT2D eigenvalue weighted by Crippen LogP contribution is -2.48. The lowest BCUT2D eigenvalue weighted by Gasteiger charge is -2.33. The Morgan fingerprint density at radius 1 is 1.33 bits per heavy atom. The van der Waals surface area contributed by atoms with Crippen LogP contribution in [0.3, 0.4) is 0 Å². The van der Waals surface area contributed by atoms with Gasteiger partial charge in [0, 0.05) is 44.5 Å². The number of thiophene rings is 1. The fourth-order valence-electron chi connectivity index (χ4n) is 3.52. The molecule has 0 amide bonds. The second-order valence-corrected chi connectivity index (χ2v) is 8.05. The summed E-state index contributed by atoms with van der Waals surface area (Å²) in [7, 11) is 0. The van der Waals surface area contributed by atoms with Gasteiger partial charge in [0.15, 0.2) is 5.96 Å². The molecule has 0 spiro atoms. The van der Waals surface area contributed by atoms with Crippen molar-refractivity contribution in [3.63, 3.8) is 0 Å². The Kier molecular flexibility index (Phi) is 7.15. The Morgan fingerprint density at radius 3 is 2.78 bits per heavy atom. The summed E-state index contributed by atoms with van der Waals surface area (Å²) in [6, 6.07) is 6.96. The molecular formula is C20H32N6S. The Bertz CT molecular complexity index is 713.